The molecule has 0 unspecified atom stereocenters. The van der Waals surface area contributed by atoms with Crippen molar-refractivity contribution in [2.24, 2.45) is 0 Å². The standard InChI is InChI=1S/C24H28N6O3/c1-16-14-17(2)26-23(25-16)29-10-8-24(9-11-29)22(31)30(12-13-32-24)15-19-6-4-5-7-20(19)21-27-18(3)28-33-21/h4-7,14H,8-13,15H2,1-3H3. The Morgan fingerprint density at radius 2 is 1.73 bits per heavy atom. The number of aryl methyl sites for hydroxylation is 3. The summed E-state index contributed by atoms with van der Waals surface area (Å²) in [5.74, 6) is 1.83. The van der Waals surface area contributed by atoms with Crippen LogP contribution in [0.15, 0.2) is 34.9 Å². The number of hydrogen-bond acceptors (Lipinski definition) is 8. The highest BCUT2D eigenvalue weighted by Gasteiger charge is 2.47. The summed E-state index contributed by atoms with van der Waals surface area (Å²) in [5, 5.41) is 3.91. The quantitative estimate of drug-likeness (QED) is 0.601. The Kier molecular flexibility index (Phi) is 5.57. The van der Waals surface area contributed by atoms with Crippen LogP contribution in [-0.2, 0) is 16.1 Å². The summed E-state index contributed by atoms with van der Waals surface area (Å²) in [7, 11) is 0. The Balaban J connectivity index is 1.32. The molecule has 9 nitrogen and oxygen atoms in total. The molecular weight excluding hydrogens is 420 g/mol. The molecule has 0 bridgehead atoms. The minimum atomic E-state index is -0.788. The molecule has 4 heterocycles. The molecule has 33 heavy (non-hydrogen) atoms. The van der Waals surface area contributed by atoms with Crippen LogP contribution in [0.3, 0.4) is 0 Å². The molecule has 2 saturated heterocycles. The number of morpholine rings is 1. The topological polar surface area (TPSA) is 97.5 Å². The number of hydrogen-bond donors (Lipinski definition) is 0. The van der Waals surface area contributed by atoms with Gasteiger partial charge in [-0.1, -0.05) is 23.4 Å². The average molecular weight is 449 g/mol. The fourth-order valence-corrected chi connectivity index (χ4v) is 4.71. The molecule has 1 aromatic carbocycles. The summed E-state index contributed by atoms with van der Waals surface area (Å²) in [6.45, 7) is 8.66. The van der Waals surface area contributed by atoms with Crippen LogP contribution in [-0.4, -0.2) is 62.8 Å². The van der Waals surface area contributed by atoms with Gasteiger partial charge in [0.15, 0.2) is 5.82 Å². The monoisotopic (exact) mass is 448 g/mol. The maximum absolute atomic E-state index is 13.6. The third-order valence-corrected chi connectivity index (χ3v) is 6.38. The fraction of sp³-hybridized carbons (Fsp3) is 0.458. The number of ether oxygens (including phenoxy) is 1. The highest BCUT2D eigenvalue weighted by molar-refractivity contribution is 5.86. The number of piperidine rings is 1. The van der Waals surface area contributed by atoms with Gasteiger partial charge in [-0.25, -0.2) is 9.97 Å². The van der Waals surface area contributed by atoms with Gasteiger partial charge in [0, 0.05) is 56.0 Å². The van der Waals surface area contributed by atoms with Crippen LogP contribution in [0, 0.1) is 20.8 Å². The van der Waals surface area contributed by atoms with E-state index in [-0.39, 0.29) is 5.91 Å². The zero-order valence-corrected chi connectivity index (χ0v) is 19.2. The Morgan fingerprint density at radius 3 is 2.42 bits per heavy atom. The van der Waals surface area contributed by atoms with Crippen LogP contribution >= 0.6 is 0 Å². The van der Waals surface area contributed by atoms with Crippen LogP contribution in [0.25, 0.3) is 11.5 Å². The Bertz CT molecular complexity index is 1150. The number of aromatic nitrogens is 4. The summed E-state index contributed by atoms with van der Waals surface area (Å²) in [6, 6.07) is 9.82. The van der Waals surface area contributed by atoms with Gasteiger partial charge in [0.05, 0.1) is 6.61 Å². The lowest BCUT2D eigenvalue weighted by atomic mass is 9.88. The minimum Gasteiger partial charge on any atom is -0.363 e. The molecular formula is C24H28N6O3. The van der Waals surface area contributed by atoms with Crippen molar-refractivity contribution in [3.05, 3.63) is 53.1 Å². The average Bonchev–Trinajstić information content (AvgIpc) is 3.23. The highest BCUT2D eigenvalue weighted by atomic mass is 16.5. The zero-order valence-electron chi connectivity index (χ0n) is 19.2. The van der Waals surface area contributed by atoms with E-state index in [1.54, 1.807) is 6.92 Å². The number of rotatable bonds is 4. The normalized spacial score (nSPS) is 18.2. The van der Waals surface area contributed by atoms with Crippen LogP contribution < -0.4 is 4.90 Å². The van der Waals surface area contributed by atoms with Crippen molar-refractivity contribution in [2.75, 3.05) is 31.1 Å². The molecule has 2 aliphatic heterocycles. The number of amides is 1. The largest absolute Gasteiger partial charge is 0.363 e. The Labute approximate surface area is 192 Å². The van der Waals surface area contributed by atoms with Gasteiger partial charge in [-0.15, -0.1) is 0 Å². The molecule has 5 rings (SSSR count). The fourth-order valence-electron chi connectivity index (χ4n) is 4.71. The molecule has 2 aliphatic rings. The predicted octanol–water partition coefficient (Wildman–Crippen LogP) is 2.85. The molecule has 0 aliphatic carbocycles. The van der Waals surface area contributed by atoms with Crippen molar-refractivity contribution >= 4 is 11.9 Å². The lowest BCUT2D eigenvalue weighted by Crippen LogP contribution is -2.60. The molecule has 0 atom stereocenters. The summed E-state index contributed by atoms with van der Waals surface area (Å²) in [5.41, 5.74) is 2.94. The van der Waals surface area contributed by atoms with E-state index in [0.29, 0.717) is 57.3 Å². The molecule has 0 saturated carbocycles. The van der Waals surface area contributed by atoms with Gasteiger partial charge >= 0.3 is 0 Å². The number of benzene rings is 1. The molecule has 2 fully saturated rings. The van der Waals surface area contributed by atoms with Crippen molar-refractivity contribution in [1.29, 1.82) is 0 Å². The van der Waals surface area contributed by atoms with Crippen molar-refractivity contribution in [2.45, 2.75) is 45.8 Å². The second kappa shape index (κ2) is 8.55. The van der Waals surface area contributed by atoms with E-state index in [1.165, 1.54) is 0 Å². The maximum Gasteiger partial charge on any atom is 0.258 e. The third-order valence-electron chi connectivity index (χ3n) is 6.38. The van der Waals surface area contributed by atoms with Crippen LogP contribution in [0.2, 0.25) is 0 Å². The number of carbonyl (C=O) groups excluding carboxylic acids is 1. The van der Waals surface area contributed by atoms with Gasteiger partial charge in [0.25, 0.3) is 11.8 Å². The smallest absolute Gasteiger partial charge is 0.258 e. The number of carbonyl (C=O) groups is 1. The summed E-state index contributed by atoms with van der Waals surface area (Å²) < 4.78 is 11.5. The highest BCUT2D eigenvalue weighted by Crippen LogP contribution is 2.34. The van der Waals surface area contributed by atoms with Crippen LogP contribution in [0.1, 0.15) is 35.6 Å². The SMILES string of the molecule is Cc1cc(C)nc(N2CCC3(CC2)OCCN(Cc2ccccc2-c2nc(C)no2)C3=O)n1. The van der Waals surface area contributed by atoms with Gasteiger partial charge in [0.1, 0.15) is 5.60 Å². The van der Waals surface area contributed by atoms with E-state index in [2.05, 4.69) is 25.0 Å². The molecule has 9 heteroatoms. The van der Waals surface area contributed by atoms with Crippen molar-refractivity contribution < 1.29 is 14.1 Å². The third kappa shape index (κ3) is 4.20. The lowest BCUT2D eigenvalue weighted by Gasteiger charge is -2.46. The van der Waals surface area contributed by atoms with Gasteiger partial charge in [0.2, 0.25) is 5.95 Å². The second-order valence-electron chi connectivity index (χ2n) is 8.81. The number of anilines is 1. The Hall–Kier alpha value is -3.33. The zero-order chi connectivity index (χ0) is 23.0. The lowest BCUT2D eigenvalue weighted by molar-refractivity contribution is -0.176. The van der Waals surface area contributed by atoms with E-state index < -0.39 is 5.60 Å². The van der Waals surface area contributed by atoms with Crippen molar-refractivity contribution in [1.82, 2.24) is 25.0 Å². The van der Waals surface area contributed by atoms with E-state index >= 15 is 0 Å². The molecule has 0 N–H and O–H groups in total. The van der Waals surface area contributed by atoms with Crippen LogP contribution in [0.5, 0.6) is 0 Å². The summed E-state index contributed by atoms with van der Waals surface area (Å²) >= 11 is 0. The minimum absolute atomic E-state index is 0.0475. The van der Waals surface area contributed by atoms with Gasteiger partial charge in [-0.2, -0.15) is 4.98 Å². The molecule has 1 amide bonds. The van der Waals surface area contributed by atoms with E-state index in [9.17, 15) is 4.79 Å². The maximum atomic E-state index is 13.6. The molecule has 3 aromatic rings. The first-order valence-electron chi connectivity index (χ1n) is 11.3. The predicted molar refractivity (Wildman–Crippen MR) is 122 cm³/mol. The van der Waals surface area contributed by atoms with Crippen molar-refractivity contribution in [3.8, 4) is 11.5 Å². The summed E-state index contributed by atoms with van der Waals surface area (Å²) in [4.78, 5) is 31.2. The second-order valence-corrected chi connectivity index (χ2v) is 8.81. The molecule has 172 valence electrons. The Morgan fingerprint density at radius 1 is 1.00 bits per heavy atom. The van der Waals surface area contributed by atoms with Gasteiger partial charge in [-0.05, 0) is 38.5 Å². The van der Waals surface area contributed by atoms with Crippen molar-refractivity contribution in [3.63, 3.8) is 0 Å². The molecule has 2 aromatic heterocycles. The first-order chi connectivity index (χ1) is 15.9. The van der Waals surface area contributed by atoms with E-state index in [0.717, 1.165) is 28.5 Å². The molecule has 1 spiro atoms. The van der Waals surface area contributed by atoms with E-state index in [1.807, 2.05) is 49.1 Å². The van der Waals surface area contributed by atoms with Gasteiger partial charge in [-0.3, -0.25) is 4.79 Å². The number of nitrogens with zero attached hydrogens (tertiary/aromatic N) is 6. The van der Waals surface area contributed by atoms with E-state index in [4.69, 9.17) is 9.26 Å². The first kappa shape index (κ1) is 21.5. The summed E-state index contributed by atoms with van der Waals surface area (Å²) in [6.07, 6.45) is 1.23. The molecule has 0 radical (unpaired) electrons. The van der Waals surface area contributed by atoms with Gasteiger partial charge < -0.3 is 19.1 Å². The van der Waals surface area contributed by atoms with Crippen LogP contribution in [0.4, 0.5) is 5.95 Å². The first-order valence-corrected chi connectivity index (χ1v) is 11.3.